The minimum Gasteiger partial charge on any atom is -0.390 e. The molecular formula is C6H7F3N2S. The van der Waals surface area contributed by atoms with E-state index in [1.807, 2.05) is 0 Å². The fraction of sp³-hybridized carbons (Fsp3) is 0.333. The molecule has 1 rings (SSSR count). The highest BCUT2D eigenvalue weighted by atomic mass is 32.1. The van der Waals surface area contributed by atoms with Gasteiger partial charge in [-0.3, -0.25) is 0 Å². The first-order valence-electron chi connectivity index (χ1n) is 3.08. The largest absolute Gasteiger partial charge is 0.407 e. The molecule has 2 nitrogen and oxygen atoms in total. The van der Waals surface area contributed by atoms with Crippen molar-refractivity contribution in [3.8, 4) is 0 Å². The molecule has 1 atom stereocenters. The topological polar surface area (TPSA) is 52.0 Å². The fourth-order valence-electron chi connectivity index (χ4n) is 0.764. The zero-order valence-corrected chi connectivity index (χ0v) is 6.75. The van der Waals surface area contributed by atoms with Crippen molar-refractivity contribution in [1.29, 1.82) is 0 Å². The Morgan fingerprint density at radius 1 is 1.42 bits per heavy atom. The van der Waals surface area contributed by atoms with Crippen LogP contribution in [0.15, 0.2) is 11.4 Å². The molecule has 1 aromatic rings. The van der Waals surface area contributed by atoms with Crippen molar-refractivity contribution in [3.05, 3.63) is 17.0 Å². The molecule has 6 heteroatoms. The van der Waals surface area contributed by atoms with Crippen molar-refractivity contribution < 1.29 is 13.2 Å². The summed E-state index contributed by atoms with van der Waals surface area (Å²) in [5.41, 5.74) is 10.1. The van der Waals surface area contributed by atoms with E-state index in [-0.39, 0.29) is 10.6 Å². The molecular weight excluding hydrogens is 189 g/mol. The highest BCUT2D eigenvalue weighted by molar-refractivity contribution is 7.14. The van der Waals surface area contributed by atoms with Crippen LogP contribution >= 0.6 is 11.3 Å². The van der Waals surface area contributed by atoms with Gasteiger partial charge in [0.25, 0.3) is 0 Å². The van der Waals surface area contributed by atoms with E-state index in [0.717, 1.165) is 11.3 Å². The lowest BCUT2D eigenvalue weighted by Gasteiger charge is -2.14. The number of hydrogen-bond donors (Lipinski definition) is 2. The summed E-state index contributed by atoms with van der Waals surface area (Å²) in [6.07, 6.45) is -4.42. The second kappa shape index (κ2) is 2.95. The third-order valence-corrected chi connectivity index (χ3v) is 2.18. The molecule has 1 unspecified atom stereocenters. The van der Waals surface area contributed by atoms with Gasteiger partial charge in [0.1, 0.15) is 6.04 Å². The Balaban J connectivity index is 2.92. The van der Waals surface area contributed by atoms with Crippen molar-refractivity contribution in [3.63, 3.8) is 0 Å². The maximum atomic E-state index is 12.0. The first-order valence-corrected chi connectivity index (χ1v) is 3.96. The summed E-state index contributed by atoms with van der Waals surface area (Å²) in [7, 11) is 0. The van der Waals surface area contributed by atoms with Gasteiger partial charge < -0.3 is 11.5 Å². The fourth-order valence-corrected chi connectivity index (χ4v) is 1.46. The highest BCUT2D eigenvalue weighted by Gasteiger charge is 2.39. The van der Waals surface area contributed by atoms with Crippen LogP contribution in [0.5, 0.6) is 0 Å². The molecule has 4 N–H and O–H groups in total. The number of thiophene rings is 1. The highest BCUT2D eigenvalue weighted by Crippen LogP contribution is 2.35. The van der Waals surface area contributed by atoms with E-state index in [1.54, 1.807) is 0 Å². The van der Waals surface area contributed by atoms with E-state index in [4.69, 9.17) is 11.5 Å². The minimum absolute atomic E-state index is 0.0486. The molecule has 0 aliphatic carbocycles. The summed E-state index contributed by atoms with van der Waals surface area (Å²) in [5.74, 6) is 0. The van der Waals surface area contributed by atoms with Crippen LogP contribution in [0.25, 0.3) is 0 Å². The van der Waals surface area contributed by atoms with Gasteiger partial charge in [-0.1, -0.05) is 0 Å². The van der Waals surface area contributed by atoms with Crippen LogP contribution in [0.4, 0.5) is 18.2 Å². The average molecular weight is 196 g/mol. The monoisotopic (exact) mass is 196 g/mol. The van der Waals surface area contributed by atoms with E-state index in [0.29, 0.717) is 0 Å². The molecule has 68 valence electrons. The summed E-state index contributed by atoms with van der Waals surface area (Å²) in [5, 5.41) is 1.61. The van der Waals surface area contributed by atoms with Crippen molar-refractivity contribution in [2.45, 2.75) is 12.2 Å². The van der Waals surface area contributed by atoms with Gasteiger partial charge in [0.05, 0.1) is 5.00 Å². The number of anilines is 1. The molecule has 0 bridgehead atoms. The van der Waals surface area contributed by atoms with E-state index in [2.05, 4.69) is 0 Å². The predicted octanol–water partition coefficient (Wildman–Crippen LogP) is 1.89. The molecule has 0 saturated carbocycles. The molecule has 1 heterocycles. The van der Waals surface area contributed by atoms with E-state index >= 15 is 0 Å². The van der Waals surface area contributed by atoms with Gasteiger partial charge in [-0.15, -0.1) is 11.3 Å². The van der Waals surface area contributed by atoms with Crippen molar-refractivity contribution >= 4 is 16.3 Å². The lowest BCUT2D eigenvalue weighted by molar-refractivity contribution is -0.148. The Hall–Kier alpha value is -0.750. The van der Waals surface area contributed by atoms with Gasteiger partial charge in [0, 0.05) is 5.56 Å². The number of hydrogen-bond acceptors (Lipinski definition) is 3. The van der Waals surface area contributed by atoms with Crippen LogP contribution in [0, 0.1) is 0 Å². The van der Waals surface area contributed by atoms with Gasteiger partial charge in [0.15, 0.2) is 0 Å². The molecule has 0 radical (unpaired) electrons. The van der Waals surface area contributed by atoms with Crippen LogP contribution in [-0.2, 0) is 0 Å². The third kappa shape index (κ3) is 1.70. The van der Waals surface area contributed by atoms with Crippen LogP contribution in [-0.4, -0.2) is 6.18 Å². The number of alkyl halides is 3. The molecule has 12 heavy (non-hydrogen) atoms. The summed E-state index contributed by atoms with van der Waals surface area (Å²) >= 11 is 1.05. The normalized spacial score (nSPS) is 14.7. The summed E-state index contributed by atoms with van der Waals surface area (Å²) in [4.78, 5) is 0. The molecule has 0 saturated heterocycles. The molecule has 0 amide bonds. The van der Waals surface area contributed by atoms with Crippen molar-refractivity contribution in [2.75, 3.05) is 5.73 Å². The first-order chi connectivity index (χ1) is 5.43. The smallest absolute Gasteiger partial charge is 0.390 e. The predicted molar refractivity (Wildman–Crippen MR) is 41.7 cm³/mol. The third-order valence-electron chi connectivity index (χ3n) is 1.41. The number of halogens is 3. The second-order valence-corrected chi connectivity index (χ2v) is 3.21. The quantitative estimate of drug-likeness (QED) is 0.720. The molecule has 0 spiro atoms. The number of nitrogen functional groups attached to an aromatic ring is 1. The molecule has 0 fully saturated rings. The molecule has 1 aromatic heterocycles. The minimum atomic E-state index is -4.42. The van der Waals surface area contributed by atoms with Crippen LogP contribution in [0.2, 0.25) is 0 Å². The van der Waals surface area contributed by atoms with Gasteiger partial charge in [0.2, 0.25) is 0 Å². The summed E-state index contributed by atoms with van der Waals surface area (Å²) in [6, 6.07) is -0.679. The van der Waals surface area contributed by atoms with E-state index < -0.39 is 12.2 Å². The van der Waals surface area contributed by atoms with Crippen LogP contribution in [0.3, 0.4) is 0 Å². The van der Waals surface area contributed by atoms with Crippen molar-refractivity contribution in [2.24, 2.45) is 5.73 Å². The maximum absolute atomic E-state index is 12.0. The van der Waals surface area contributed by atoms with E-state index in [9.17, 15) is 13.2 Å². The summed E-state index contributed by atoms with van der Waals surface area (Å²) in [6.45, 7) is 0. The number of nitrogens with two attached hydrogens (primary N) is 2. The van der Waals surface area contributed by atoms with E-state index in [1.165, 1.54) is 11.4 Å². The van der Waals surface area contributed by atoms with Crippen LogP contribution < -0.4 is 11.5 Å². The lowest BCUT2D eigenvalue weighted by atomic mass is 10.1. The van der Waals surface area contributed by atoms with Gasteiger partial charge in [-0.2, -0.15) is 13.2 Å². The lowest BCUT2D eigenvalue weighted by Crippen LogP contribution is -2.28. The van der Waals surface area contributed by atoms with Gasteiger partial charge >= 0.3 is 6.18 Å². The Labute approximate surface area is 71.0 Å². The molecule has 0 aromatic carbocycles. The molecule has 0 aliphatic heterocycles. The zero-order chi connectivity index (χ0) is 9.35. The van der Waals surface area contributed by atoms with Gasteiger partial charge in [-0.05, 0) is 11.4 Å². The Morgan fingerprint density at radius 3 is 2.33 bits per heavy atom. The van der Waals surface area contributed by atoms with Gasteiger partial charge in [-0.25, -0.2) is 0 Å². The average Bonchev–Trinajstić information content (AvgIpc) is 2.31. The SMILES string of the molecule is Nc1sccc1C(N)C(F)(F)F. The summed E-state index contributed by atoms with van der Waals surface area (Å²) < 4.78 is 36.0. The van der Waals surface area contributed by atoms with Crippen LogP contribution in [0.1, 0.15) is 11.6 Å². The molecule has 0 aliphatic rings. The first kappa shape index (κ1) is 9.34. The Morgan fingerprint density at radius 2 is 2.00 bits per heavy atom. The Bertz CT molecular complexity index is 268. The van der Waals surface area contributed by atoms with Crippen molar-refractivity contribution in [1.82, 2.24) is 0 Å². The number of rotatable bonds is 1. The Kier molecular flexibility index (Phi) is 2.29. The maximum Gasteiger partial charge on any atom is 0.407 e. The second-order valence-electron chi connectivity index (χ2n) is 2.26. The zero-order valence-electron chi connectivity index (χ0n) is 5.93. The standard InChI is InChI=1S/C6H7F3N2S/c7-6(8,9)4(10)3-1-2-12-5(3)11/h1-2,4H,10-11H2.